The van der Waals surface area contributed by atoms with Crippen molar-refractivity contribution in [3.63, 3.8) is 0 Å². The lowest BCUT2D eigenvalue weighted by atomic mass is 10.3. The molecule has 0 bridgehead atoms. The van der Waals surface area contributed by atoms with Gasteiger partial charge in [0.2, 0.25) is 0 Å². The minimum absolute atomic E-state index is 0.196. The molecule has 0 unspecified atom stereocenters. The van der Waals surface area contributed by atoms with Gasteiger partial charge in [-0.1, -0.05) is 23.4 Å². The van der Waals surface area contributed by atoms with E-state index >= 15 is 0 Å². The Bertz CT molecular complexity index is 327. The number of oxime groups is 1. The van der Waals surface area contributed by atoms with Gasteiger partial charge in [0.15, 0.2) is 5.84 Å². The third-order valence-corrected chi connectivity index (χ3v) is 2.05. The van der Waals surface area contributed by atoms with Gasteiger partial charge in [-0.3, -0.25) is 4.90 Å². The summed E-state index contributed by atoms with van der Waals surface area (Å²) in [5.41, 5.74) is 5.37. The van der Waals surface area contributed by atoms with Crippen molar-refractivity contribution < 1.29 is 9.94 Å². The molecule has 0 spiro atoms. The molecule has 0 heterocycles. The minimum Gasteiger partial charge on any atom is -0.492 e. The Morgan fingerprint density at radius 1 is 1.44 bits per heavy atom. The van der Waals surface area contributed by atoms with Crippen LogP contribution >= 0.6 is 0 Å². The SMILES string of the molecule is CN(CCOc1ccccc1)CC(N)=NO. The Labute approximate surface area is 95.1 Å². The molecule has 0 amide bonds. The lowest BCUT2D eigenvalue weighted by Gasteiger charge is -2.15. The van der Waals surface area contributed by atoms with Crippen LogP contribution in [0, 0.1) is 0 Å². The Kier molecular flexibility index (Phi) is 5.15. The van der Waals surface area contributed by atoms with Crippen molar-refractivity contribution in [2.75, 3.05) is 26.7 Å². The lowest BCUT2D eigenvalue weighted by molar-refractivity contribution is 0.250. The molecule has 3 N–H and O–H groups in total. The van der Waals surface area contributed by atoms with Crippen LogP contribution in [0.3, 0.4) is 0 Å². The topological polar surface area (TPSA) is 71.1 Å². The third-order valence-electron chi connectivity index (χ3n) is 2.05. The van der Waals surface area contributed by atoms with E-state index in [4.69, 9.17) is 15.7 Å². The van der Waals surface area contributed by atoms with Crippen LogP contribution in [0.1, 0.15) is 0 Å². The first-order valence-corrected chi connectivity index (χ1v) is 5.05. The van der Waals surface area contributed by atoms with E-state index in [-0.39, 0.29) is 5.84 Å². The first kappa shape index (κ1) is 12.3. The van der Waals surface area contributed by atoms with Crippen molar-refractivity contribution in [3.8, 4) is 5.75 Å². The van der Waals surface area contributed by atoms with Crippen molar-refractivity contribution in [2.24, 2.45) is 10.9 Å². The molecule has 16 heavy (non-hydrogen) atoms. The number of nitrogens with zero attached hydrogens (tertiary/aromatic N) is 2. The number of para-hydroxylation sites is 1. The first-order chi connectivity index (χ1) is 7.72. The monoisotopic (exact) mass is 223 g/mol. The van der Waals surface area contributed by atoms with Crippen LogP contribution in [-0.4, -0.2) is 42.7 Å². The van der Waals surface area contributed by atoms with Crippen LogP contribution in [0.5, 0.6) is 5.75 Å². The molecular weight excluding hydrogens is 206 g/mol. The molecule has 0 aromatic heterocycles. The maximum absolute atomic E-state index is 8.39. The highest BCUT2D eigenvalue weighted by molar-refractivity contribution is 5.81. The summed E-state index contributed by atoms with van der Waals surface area (Å²) in [6, 6.07) is 9.61. The molecule has 0 saturated carbocycles. The zero-order valence-electron chi connectivity index (χ0n) is 9.34. The van der Waals surface area contributed by atoms with Crippen molar-refractivity contribution in [1.82, 2.24) is 4.90 Å². The Morgan fingerprint density at radius 3 is 2.75 bits per heavy atom. The normalized spacial score (nSPS) is 11.8. The van der Waals surface area contributed by atoms with Crippen LogP contribution in [0.15, 0.2) is 35.5 Å². The molecule has 0 aliphatic heterocycles. The van der Waals surface area contributed by atoms with Crippen molar-refractivity contribution in [1.29, 1.82) is 0 Å². The second-order valence-electron chi connectivity index (χ2n) is 3.49. The zero-order valence-corrected chi connectivity index (χ0v) is 9.34. The fraction of sp³-hybridized carbons (Fsp3) is 0.364. The summed E-state index contributed by atoms with van der Waals surface area (Å²) in [6.07, 6.45) is 0. The standard InChI is InChI=1S/C11H17N3O2/c1-14(9-11(12)13-15)7-8-16-10-5-3-2-4-6-10/h2-6,15H,7-9H2,1H3,(H2,12,13). The average Bonchev–Trinajstić information content (AvgIpc) is 2.30. The Balaban J connectivity index is 2.21. The molecule has 0 fully saturated rings. The highest BCUT2D eigenvalue weighted by Crippen LogP contribution is 2.07. The smallest absolute Gasteiger partial charge is 0.153 e. The van der Waals surface area contributed by atoms with Gasteiger partial charge >= 0.3 is 0 Å². The van der Waals surface area contributed by atoms with E-state index in [9.17, 15) is 0 Å². The van der Waals surface area contributed by atoms with Crippen LogP contribution < -0.4 is 10.5 Å². The van der Waals surface area contributed by atoms with Gasteiger partial charge in [-0.05, 0) is 19.2 Å². The number of rotatable bonds is 6. The number of hydrogen-bond acceptors (Lipinski definition) is 4. The molecule has 0 atom stereocenters. The minimum atomic E-state index is 0.196. The van der Waals surface area contributed by atoms with Crippen LogP contribution in [-0.2, 0) is 0 Å². The average molecular weight is 223 g/mol. The van der Waals surface area contributed by atoms with E-state index in [1.165, 1.54) is 0 Å². The first-order valence-electron chi connectivity index (χ1n) is 5.05. The van der Waals surface area contributed by atoms with E-state index < -0.39 is 0 Å². The number of hydrogen-bond donors (Lipinski definition) is 2. The predicted molar refractivity (Wildman–Crippen MR) is 62.8 cm³/mol. The molecule has 0 radical (unpaired) electrons. The molecule has 0 aliphatic carbocycles. The van der Waals surface area contributed by atoms with Gasteiger partial charge in [-0.2, -0.15) is 0 Å². The molecule has 1 rings (SSSR count). The predicted octanol–water partition coefficient (Wildman–Crippen LogP) is 0.744. The Morgan fingerprint density at radius 2 is 2.12 bits per heavy atom. The summed E-state index contributed by atoms with van der Waals surface area (Å²) >= 11 is 0. The van der Waals surface area contributed by atoms with Crippen molar-refractivity contribution in [2.45, 2.75) is 0 Å². The highest BCUT2D eigenvalue weighted by atomic mass is 16.5. The molecule has 5 heteroatoms. The molecule has 1 aromatic carbocycles. The lowest BCUT2D eigenvalue weighted by Crippen LogP contribution is -2.33. The van der Waals surface area contributed by atoms with Gasteiger partial charge in [0.25, 0.3) is 0 Å². The molecule has 0 saturated heterocycles. The molecule has 1 aromatic rings. The summed E-state index contributed by atoms with van der Waals surface area (Å²) in [6.45, 7) is 1.71. The summed E-state index contributed by atoms with van der Waals surface area (Å²) in [5.74, 6) is 1.04. The number of nitrogens with two attached hydrogens (primary N) is 1. The van der Waals surface area contributed by atoms with Gasteiger partial charge in [-0.25, -0.2) is 0 Å². The van der Waals surface area contributed by atoms with E-state index in [1.807, 2.05) is 42.3 Å². The second-order valence-corrected chi connectivity index (χ2v) is 3.49. The van der Waals surface area contributed by atoms with Gasteiger partial charge in [0.05, 0.1) is 6.54 Å². The summed E-state index contributed by atoms with van der Waals surface area (Å²) in [7, 11) is 1.88. The van der Waals surface area contributed by atoms with Crippen molar-refractivity contribution in [3.05, 3.63) is 30.3 Å². The number of likely N-dealkylation sites (N-methyl/N-ethyl adjacent to an activating group) is 1. The quantitative estimate of drug-likeness (QED) is 0.323. The number of ether oxygens (including phenoxy) is 1. The largest absolute Gasteiger partial charge is 0.492 e. The van der Waals surface area contributed by atoms with Crippen LogP contribution in [0.4, 0.5) is 0 Å². The molecule has 0 aliphatic rings. The maximum atomic E-state index is 8.39. The van der Waals surface area contributed by atoms with Crippen LogP contribution in [0.2, 0.25) is 0 Å². The van der Waals surface area contributed by atoms with E-state index in [0.717, 1.165) is 5.75 Å². The fourth-order valence-corrected chi connectivity index (χ4v) is 1.22. The molecule has 88 valence electrons. The second kappa shape index (κ2) is 6.68. The van der Waals surface area contributed by atoms with Gasteiger partial charge in [0, 0.05) is 6.54 Å². The van der Waals surface area contributed by atoms with Gasteiger partial charge < -0.3 is 15.7 Å². The van der Waals surface area contributed by atoms with Crippen LogP contribution in [0.25, 0.3) is 0 Å². The number of benzene rings is 1. The van der Waals surface area contributed by atoms with Crippen molar-refractivity contribution >= 4 is 5.84 Å². The summed E-state index contributed by atoms with van der Waals surface area (Å²) in [5, 5.41) is 11.3. The zero-order chi connectivity index (χ0) is 11.8. The highest BCUT2D eigenvalue weighted by Gasteiger charge is 2.01. The summed E-state index contributed by atoms with van der Waals surface area (Å²) < 4.78 is 5.51. The van der Waals surface area contributed by atoms with E-state index in [2.05, 4.69) is 5.16 Å². The number of amidine groups is 1. The fourth-order valence-electron chi connectivity index (χ4n) is 1.22. The van der Waals surface area contributed by atoms with E-state index in [1.54, 1.807) is 0 Å². The maximum Gasteiger partial charge on any atom is 0.153 e. The van der Waals surface area contributed by atoms with Gasteiger partial charge in [-0.15, -0.1) is 0 Å². The third kappa shape index (κ3) is 4.65. The van der Waals surface area contributed by atoms with Gasteiger partial charge in [0.1, 0.15) is 12.4 Å². The van der Waals surface area contributed by atoms with E-state index in [0.29, 0.717) is 19.7 Å². The molecular formula is C11H17N3O2. The Hall–Kier alpha value is -1.75. The molecule has 5 nitrogen and oxygen atoms in total. The summed E-state index contributed by atoms with van der Waals surface area (Å²) in [4.78, 5) is 1.91.